The molecule has 1 heterocycles. The van der Waals surface area contributed by atoms with E-state index < -0.39 is 0 Å². The Labute approximate surface area is 168 Å². The molecule has 1 amide bonds. The SMILES string of the molecule is COc1ccccc1CNC(=O)c1cccc(Nc2cnc3ccccc3n2)c1. The zero-order chi connectivity index (χ0) is 20.1. The summed E-state index contributed by atoms with van der Waals surface area (Å²) < 4.78 is 5.33. The number of para-hydroxylation sites is 3. The maximum Gasteiger partial charge on any atom is 0.251 e. The first-order chi connectivity index (χ1) is 14.2. The van der Waals surface area contributed by atoms with Crippen LogP contribution in [0.5, 0.6) is 5.75 Å². The summed E-state index contributed by atoms with van der Waals surface area (Å²) in [7, 11) is 1.62. The zero-order valence-corrected chi connectivity index (χ0v) is 15.9. The van der Waals surface area contributed by atoms with Crippen LogP contribution < -0.4 is 15.4 Å². The van der Waals surface area contributed by atoms with Gasteiger partial charge in [-0.25, -0.2) is 4.98 Å². The summed E-state index contributed by atoms with van der Waals surface area (Å²) in [6.45, 7) is 0.386. The number of carbonyl (C=O) groups is 1. The van der Waals surface area contributed by atoms with Gasteiger partial charge in [0.25, 0.3) is 5.91 Å². The van der Waals surface area contributed by atoms with E-state index in [1.54, 1.807) is 25.4 Å². The van der Waals surface area contributed by atoms with E-state index in [9.17, 15) is 4.79 Å². The van der Waals surface area contributed by atoms with E-state index in [1.165, 1.54) is 0 Å². The summed E-state index contributed by atoms with van der Waals surface area (Å²) in [6.07, 6.45) is 1.68. The number of methoxy groups -OCH3 is 1. The molecule has 29 heavy (non-hydrogen) atoms. The first-order valence-corrected chi connectivity index (χ1v) is 9.22. The van der Waals surface area contributed by atoms with Crippen LogP contribution in [0.2, 0.25) is 0 Å². The van der Waals surface area contributed by atoms with Gasteiger partial charge in [0, 0.05) is 23.4 Å². The minimum Gasteiger partial charge on any atom is -0.496 e. The van der Waals surface area contributed by atoms with Crippen molar-refractivity contribution in [3.8, 4) is 5.75 Å². The fourth-order valence-corrected chi connectivity index (χ4v) is 3.03. The van der Waals surface area contributed by atoms with Crippen LogP contribution in [0.1, 0.15) is 15.9 Å². The second-order valence-electron chi connectivity index (χ2n) is 6.44. The highest BCUT2D eigenvalue weighted by molar-refractivity contribution is 5.95. The monoisotopic (exact) mass is 384 g/mol. The molecule has 3 aromatic carbocycles. The highest BCUT2D eigenvalue weighted by Gasteiger charge is 2.09. The number of hydrogen-bond donors (Lipinski definition) is 2. The van der Waals surface area contributed by atoms with Crippen molar-refractivity contribution in [3.05, 3.63) is 90.1 Å². The Bertz CT molecular complexity index is 1160. The summed E-state index contributed by atoms with van der Waals surface area (Å²) >= 11 is 0. The summed E-state index contributed by atoms with van der Waals surface area (Å²) in [5.74, 6) is 1.21. The van der Waals surface area contributed by atoms with Gasteiger partial charge in [0.1, 0.15) is 11.6 Å². The average molecular weight is 384 g/mol. The van der Waals surface area contributed by atoms with Crippen LogP contribution in [0.4, 0.5) is 11.5 Å². The van der Waals surface area contributed by atoms with Gasteiger partial charge in [0.15, 0.2) is 0 Å². The lowest BCUT2D eigenvalue weighted by Crippen LogP contribution is -2.23. The number of benzene rings is 3. The van der Waals surface area contributed by atoms with Crippen molar-refractivity contribution in [2.45, 2.75) is 6.54 Å². The zero-order valence-electron chi connectivity index (χ0n) is 15.9. The molecule has 0 saturated heterocycles. The fraction of sp³-hybridized carbons (Fsp3) is 0.0870. The Balaban J connectivity index is 1.46. The van der Waals surface area contributed by atoms with Crippen LogP contribution >= 0.6 is 0 Å². The van der Waals surface area contributed by atoms with Crippen molar-refractivity contribution < 1.29 is 9.53 Å². The minimum absolute atomic E-state index is 0.163. The molecule has 0 fully saturated rings. The molecular weight excluding hydrogens is 364 g/mol. The van der Waals surface area contributed by atoms with Crippen molar-refractivity contribution in [3.63, 3.8) is 0 Å². The predicted octanol–water partition coefficient (Wildman–Crippen LogP) is 4.31. The lowest BCUT2D eigenvalue weighted by molar-refractivity contribution is 0.0950. The van der Waals surface area contributed by atoms with E-state index >= 15 is 0 Å². The largest absolute Gasteiger partial charge is 0.496 e. The third-order valence-electron chi connectivity index (χ3n) is 4.48. The number of amides is 1. The number of rotatable bonds is 6. The molecule has 0 saturated carbocycles. The Kier molecular flexibility index (Phi) is 5.33. The van der Waals surface area contributed by atoms with Gasteiger partial charge in [-0.05, 0) is 36.4 Å². The Morgan fingerprint density at radius 3 is 2.62 bits per heavy atom. The van der Waals surface area contributed by atoms with Crippen molar-refractivity contribution in [2.75, 3.05) is 12.4 Å². The van der Waals surface area contributed by atoms with E-state index in [2.05, 4.69) is 20.6 Å². The first-order valence-electron chi connectivity index (χ1n) is 9.22. The smallest absolute Gasteiger partial charge is 0.251 e. The molecule has 4 aromatic rings. The van der Waals surface area contributed by atoms with Gasteiger partial charge in [0.2, 0.25) is 0 Å². The molecule has 0 aliphatic heterocycles. The van der Waals surface area contributed by atoms with Crippen LogP contribution in [0, 0.1) is 0 Å². The number of fused-ring (bicyclic) bond motifs is 1. The lowest BCUT2D eigenvalue weighted by atomic mass is 10.1. The van der Waals surface area contributed by atoms with E-state index in [4.69, 9.17) is 4.74 Å². The normalized spacial score (nSPS) is 10.5. The molecule has 0 aliphatic carbocycles. The lowest BCUT2D eigenvalue weighted by Gasteiger charge is -2.11. The standard InChI is InChI=1S/C23H20N4O2/c1-29-21-12-5-2-7-17(21)14-25-23(28)16-8-6-9-18(13-16)26-22-15-24-19-10-3-4-11-20(19)27-22/h2-13,15H,14H2,1H3,(H,25,28)(H,26,27). The molecule has 0 bridgehead atoms. The number of carbonyl (C=O) groups excluding carboxylic acids is 1. The second-order valence-corrected chi connectivity index (χ2v) is 6.44. The van der Waals surface area contributed by atoms with Gasteiger partial charge in [-0.1, -0.05) is 36.4 Å². The Morgan fingerprint density at radius 2 is 1.76 bits per heavy atom. The van der Waals surface area contributed by atoms with Crippen LogP contribution in [-0.2, 0) is 6.54 Å². The molecule has 0 unspecified atom stereocenters. The van der Waals surface area contributed by atoms with Crippen LogP contribution in [0.3, 0.4) is 0 Å². The van der Waals surface area contributed by atoms with E-state index in [0.29, 0.717) is 17.9 Å². The maximum atomic E-state index is 12.6. The van der Waals surface area contributed by atoms with Crippen molar-refractivity contribution in [2.24, 2.45) is 0 Å². The molecule has 1 aromatic heterocycles. The van der Waals surface area contributed by atoms with Crippen LogP contribution in [0.15, 0.2) is 79.0 Å². The number of ether oxygens (including phenoxy) is 1. The van der Waals surface area contributed by atoms with Gasteiger partial charge in [-0.2, -0.15) is 0 Å². The van der Waals surface area contributed by atoms with Crippen molar-refractivity contribution in [1.29, 1.82) is 0 Å². The number of aromatic nitrogens is 2. The molecule has 0 atom stereocenters. The molecule has 144 valence electrons. The van der Waals surface area contributed by atoms with Crippen LogP contribution in [-0.4, -0.2) is 23.0 Å². The maximum absolute atomic E-state index is 12.6. The number of anilines is 2. The van der Waals surface area contributed by atoms with Gasteiger partial charge < -0.3 is 15.4 Å². The third-order valence-corrected chi connectivity index (χ3v) is 4.48. The molecule has 4 rings (SSSR count). The molecule has 2 N–H and O–H groups in total. The summed E-state index contributed by atoms with van der Waals surface area (Å²) in [5.41, 5.74) is 3.88. The highest BCUT2D eigenvalue weighted by Crippen LogP contribution is 2.19. The van der Waals surface area contributed by atoms with Gasteiger partial charge in [-0.3, -0.25) is 9.78 Å². The quantitative estimate of drug-likeness (QED) is 0.518. The average Bonchev–Trinajstić information content (AvgIpc) is 2.77. The molecule has 6 heteroatoms. The molecule has 6 nitrogen and oxygen atoms in total. The minimum atomic E-state index is -0.163. The van der Waals surface area contributed by atoms with Crippen molar-refractivity contribution >= 4 is 28.4 Å². The molecule has 0 radical (unpaired) electrons. The van der Waals surface area contributed by atoms with Crippen LogP contribution in [0.25, 0.3) is 11.0 Å². The van der Waals surface area contributed by atoms with Gasteiger partial charge >= 0.3 is 0 Å². The van der Waals surface area contributed by atoms with E-state index in [-0.39, 0.29) is 5.91 Å². The number of nitrogens with one attached hydrogen (secondary N) is 2. The van der Waals surface area contributed by atoms with E-state index in [1.807, 2.05) is 60.7 Å². The summed E-state index contributed by atoms with van der Waals surface area (Å²) in [6, 6.07) is 22.6. The topological polar surface area (TPSA) is 76.1 Å². The Morgan fingerprint density at radius 1 is 0.966 bits per heavy atom. The fourth-order valence-electron chi connectivity index (χ4n) is 3.03. The third kappa shape index (κ3) is 4.32. The predicted molar refractivity (Wildman–Crippen MR) is 113 cm³/mol. The highest BCUT2D eigenvalue weighted by atomic mass is 16.5. The molecule has 0 spiro atoms. The Hall–Kier alpha value is -3.93. The van der Waals surface area contributed by atoms with E-state index in [0.717, 1.165) is 28.0 Å². The van der Waals surface area contributed by atoms with Gasteiger partial charge in [-0.15, -0.1) is 0 Å². The van der Waals surface area contributed by atoms with Gasteiger partial charge in [0.05, 0.1) is 24.3 Å². The second kappa shape index (κ2) is 8.39. The molecular formula is C23H20N4O2. The first kappa shape index (κ1) is 18.4. The van der Waals surface area contributed by atoms with Crippen molar-refractivity contribution in [1.82, 2.24) is 15.3 Å². The molecule has 0 aliphatic rings. The summed E-state index contributed by atoms with van der Waals surface area (Å²) in [5, 5.41) is 6.14. The number of hydrogen-bond acceptors (Lipinski definition) is 5. The summed E-state index contributed by atoms with van der Waals surface area (Å²) in [4.78, 5) is 21.5. The number of nitrogens with zero attached hydrogens (tertiary/aromatic N) is 2.